The number of aliphatic hydroxyl groups is 1. The van der Waals surface area contributed by atoms with Crippen LogP contribution in [-0.4, -0.2) is 24.8 Å². The molecule has 4 nitrogen and oxygen atoms in total. The molecule has 0 bridgehead atoms. The van der Waals surface area contributed by atoms with Gasteiger partial charge in [0.05, 0.1) is 12.5 Å². The van der Waals surface area contributed by atoms with Gasteiger partial charge >= 0.3 is 5.97 Å². The molecule has 0 amide bonds. The van der Waals surface area contributed by atoms with Gasteiger partial charge in [-0.05, 0) is 25.5 Å². The molecule has 1 rings (SSSR count). The maximum atomic E-state index is 11.8. The second kappa shape index (κ2) is 6.17. The molecule has 106 valence electrons. The summed E-state index contributed by atoms with van der Waals surface area (Å²) in [5.41, 5.74) is 0.754. The Bertz CT molecular complexity index is 447. The molecule has 1 atom stereocenters. The molecule has 1 N–H and O–H groups in total. The third-order valence-corrected chi connectivity index (χ3v) is 3.14. The molecule has 0 aliphatic carbocycles. The average molecular weight is 266 g/mol. The summed E-state index contributed by atoms with van der Waals surface area (Å²) in [5.74, 6) is -0.0726. The van der Waals surface area contributed by atoms with Crippen molar-refractivity contribution in [3.05, 3.63) is 29.3 Å². The summed E-state index contributed by atoms with van der Waals surface area (Å²) in [6, 6.07) is 5.50. The van der Waals surface area contributed by atoms with Crippen molar-refractivity contribution < 1.29 is 19.4 Å². The molecule has 0 aliphatic heterocycles. The van der Waals surface area contributed by atoms with Crippen LogP contribution in [0.3, 0.4) is 0 Å². The Morgan fingerprint density at radius 3 is 2.53 bits per heavy atom. The van der Waals surface area contributed by atoms with Gasteiger partial charge in [-0.2, -0.15) is 0 Å². The molecule has 0 unspecified atom stereocenters. The lowest BCUT2D eigenvalue weighted by Gasteiger charge is -2.28. The van der Waals surface area contributed by atoms with E-state index in [4.69, 9.17) is 9.47 Å². The maximum absolute atomic E-state index is 11.8. The van der Waals surface area contributed by atoms with Crippen LogP contribution in [0, 0.1) is 12.8 Å². The highest BCUT2D eigenvalue weighted by atomic mass is 16.5. The summed E-state index contributed by atoms with van der Waals surface area (Å²) in [5, 5.41) is 9.51. The molecule has 0 spiro atoms. The fraction of sp³-hybridized carbons (Fsp3) is 0.533. The molecule has 0 radical (unpaired) electrons. The third-order valence-electron chi connectivity index (χ3n) is 3.14. The highest BCUT2D eigenvalue weighted by molar-refractivity contribution is 5.74. The minimum absolute atomic E-state index is 0.196. The van der Waals surface area contributed by atoms with Crippen molar-refractivity contribution in [2.75, 3.05) is 13.7 Å². The molecule has 4 heteroatoms. The number of benzene rings is 1. The molecule has 0 fully saturated rings. The van der Waals surface area contributed by atoms with Gasteiger partial charge in [0.1, 0.15) is 11.4 Å². The van der Waals surface area contributed by atoms with Gasteiger partial charge < -0.3 is 14.6 Å². The van der Waals surface area contributed by atoms with Gasteiger partial charge in [-0.15, -0.1) is 0 Å². The molecule has 1 aromatic rings. The van der Waals surface area contributed by atoms with E-state index >= 15 is 0 Å². The van der Waals surface area contributed by atoms with Gasteiger partial charge in [0.2, 0.25) is 0 Å². The quantitative estimate of drug-likeness (QED) is 0.657. The monoisotopic (exact) mass is 266 g/mol. The summed E-state index contributed by atoms with van der Waals surface area (Å²) in [6.45, 7) is 7.03. The number of esters is 1. The van der Waals surface area contributed by atoms with E-state index < -0.39 is 5.60 Å². The second-order valence-corrected chi connectivity index (χ2v) is 5.17. The Morgan fingerprint density at radius 2 is 2.05 bits per heavy atom. The molecule has 0 aromatic heterocycles. The molecule has 1 aromatic carbocycles. The number of hydrogen-bond donors (Lipinski definition) is 1. The van der Waals surface area contributed by atoms with Crippen LogP contribution in [-0.2, 0) is 15.1 Å². The van der Waals surface area contributed by atoms with Crippen molar-refractivity contribution in [1.29, 1.82) is 0 Å². The first kappa shape index (κ1) is 15.7. The zero-order valence-electron chi connectivity index (χ0n) is 12.2. The lowest BCUT2D eigenvalue weighted by molar-refractivity contribution is -0.138. The highest BCUT2D eigenvalue weighted by Gasteiger charge is 2.30. The SMILES string of the molecule is CO[C@](C)(CO)c1ccc(C)cc1OC(=O)C(C)C. The molecular formula is C15H22O4. The van der Waals surface area contributed by atoms with Crippen LogP contribution in [0.15, 0.2) is 18.2 Å². The first-order valence-corrected chi connectivity index (χ1v) is 6.33. The van der Waals surface area contributed by atoms with E-state index in [1.807, 2.05) is 19.1 Å². The number of aryl methyl sites for hydroxylation is 1. The predicted octanol–water partition coefficient (Wildman–Crippen LogP) is 2.41. The number of hydrogen-bond acceptors (Lipinski definition) is 4. The van der Waals surface area contributed by atoms with Crippen molar-refractivity contribution >= 4 is 5.97 Å². The van der Waals surface area contributed by atoms with E-state index in [2.05, 4.69) is 0 Å². The Balaban J connectivity index is 3.22. The first-order valence-electron chi connectivity index (χ1n) is 6.33. The minimum Gasteiger partial charge on any atom is -0.426 e. The number of ether oxygens (including phenoxy) is 2. The van der Waals surface area contributed by atoms with Crippen LogP contribution in [0.25, 0.3) is 0 Å². The lowest BCUT2D eigenvalue weighted by Crippen LogP contribution is -2.30. The van der Waals surface area contributed by atoms with Gasteiger partial charge in [-0.25, -0.2) is 0 Å². The standard InChI is InChI=1S/C15H22O4/c1-10(2)14(17)19-13-8-11(3)6-7-12(13)15(4,9-16)18-5/h6-8,10,16H,9H2,1-5H3/t15-/m1/s1. The third kappa shape index (κ3) is 3.55. The summed E-state index contributed by atoms with van der Waals surface area (Å²) in [6.07, 6.45) is 0. The molecule has 19 heavy (non-hydrogen) atoms. The van der Waals surface area contributed by atoms with Crippen LogP contribution in [0.1, 0.15) is 31.9 Å². The zero-order chi connectivity index (χ0) is 14.6. The van der Waals surface area contributed by atoms with Crippen molar-refractivity contribution in [1.82, 2.24) is 0 Å². The van der Waals surface area contributed by atoms with E-state index in [0.29, 0.717) is 11.3 Å². The number of methoxy groups -OCH3 is 1. The number of aliphatic hydroxyl groups excluding tert-OH is 1. The maximum Gasteiger partial charge on any atom is 0.313 e. The fourth-order valence-corrected chi connectivity index (χ4v) is 1.64. The Hall–Kier alpha value is -1.39. The normalized spacial score (nSPS) is 14.3. The average Bonchev–Trinajstić information content (AvgIpc) is 2.38. The van der Waals surface area contributed by atoms with E-state index in [9.17, 15) is 9.90 Å². The van der Waals surface area contributed by atoms with Gasteiger partial charge in [-0.3, -0.25) is 4.79 Å². The van der Waals surface area contributed by atoms with Crippen LogP contribution in [0.4, 0.5) is 0 Å². The zero-order valence-corrected chi connectivity index (χ0v) is 12.2. The van der Waals surface area contributed by atoms with Crippen molar-refractivity contribution in [2.24, 2.45) is 5.92 Å². The second-order valence-electron chi connectivity index (χ2n) is 5.17. The van der Waals surface area contributed by atoms with E-state index in [0.717, 1.165) is 5.56 Å². The molecule has 0 heterocycles. The summed E-state index contributed by atoms with van der Waals surface area (Å²) in [4.78, 5) is 11.8. The van der Waals surface area contributed by atoms with Crippen LogP contribution in [0.5, 0.6) is 5.75 Å². The Morgan fingerprint density at radius 1 is 1.42 bits per heavy atom. The summed E-state index contributed by atoms with van der Waals surface area (Å²) >= 11 is 0. The summed E-state index contributed by atoms with van der Waals surface area (Å²) < 4.78 is 10.8. The Labute approximate surface area is 114 Å². The largest absolute Gasteiger partial charge is 0.426 e. The van der Waals surface area contributed by atoms with Gasteiger partial charge in [0.15, 0.2) is 0 Å². The van der Waals surface area contributed by atoms with E-state index in [1.165, 1.54) is 7.11 Å². The van der Waals surface area contributed by atoms with Gasteiger partial charge in [-0.1, -0.05) is 26.0 Å². The van der Waals surface area contributed by atoms with Gasteiger partial charge in [0, 0.05) is 12.7 Å². The van der Waals surface area contributed by atoms with Crippen molar-refractivity contribution in [3.8, 4) is 5.75 Å². The van der Waals surface area contributed by atoms with Gasteiger partial charge in [0.25, 0.3) is 0 Å². The topological polar surface area (TPSA) is 55.8 Å². The van der Waals surface area contributed by atoms with Crippen molar-refractivity contribution in [3.63, 3.8) is 0 Å². The Kier molecular flexibility index (Phi) is 5.09. The number of carbonyl (C=O) groups is 1. The minimum atomic E-state index is -0.889. The number of rotatable bonds is 5. The molecular weight excluding hydrogens is 244 g/mol. The molecule has 0 saturated carbocycles. The van der Waals surface area contributed by atoms with Crippen LogP contribution in [0.2, 0.25) is 0 Å². The highest BCUT2D eigenvalue weighted by Crippen LogP contribution is 2.33. The van der Waals surface area contributed by atoms with Crippen LogP contribution < -0.4 is 4.74 Å². The lowest BCUT2D eigenvalue weighted by atomic mass is 9.94. The predicted molar refractivity (Wildman–Crippen MR) is 73.1 cm³/mol. The molecule has 0 aliphatic rings. The van der Waals surface area contributed by atoms with E-state index in [1.54, 1.807) is 26.8 Å². The summed E-state index contributed by atoms with van der Waals surface area (Å²) in [7, 11) is 1.52. The first-order chi connectivity index (χ1) is 8.84. The molecule has 0 saturated heterocycles. The number of carbonyl (C=O) groups excluding carboxylic acids is 1. The smallest absolute Gasteiger partial charge is 0.313 e. The van der Waals surface area contributed by atoms with E-state index in [-0.39, 0.29) is 18.5 Å². The fourth-order valence-electron chi connectivity index (χ4n) is 1.64. The van der Waals surface area contributed by atoms with Crippen LogP contribution >= 0.6 is 0 Å². The van der Waals surface area contributed by atoms with Crippen molar-refractivity contribution in [2.45, 2.75) is 33.3 Å².